The third kappa shape index (κ3) is 3.10. The fraction of sp³-hybridized carbons (Fsp3) is 0.421. The van der Waals surface area contributed by atoms with Crippen LogP contribution >= 0.6 is 0 Å². The summed E-state index contributed by atoms with van der Waals surface area (Å²) < 4.78 is 1.90. The number of amides is 1. The third-order valence-electron chi connectivity index (χ3n) is 4.92. The van der Waals surface area contributed by atoms with Crippen molar-refractivity contribution in [3.8, 4) is 0 Å². The van der Waals surface area contributed by atoms with E-state index in [0.717, 1.165) is 28.1 Å². The van der Waals surface area contributed by atoms with Crippen molar-refractivity contribution < 1.29 is 9.90 Å². The SMILES string of the molecule is CC[C@@H](O)c1cc2n(n1)CCN(C(=O)Cc1ccc3nc(C)[nH]c3c1)C2. The fourth-order valence-corrected chi connectivity index (χ4v) is 3.45. The Labute approximate surface area is 151 Å². The number of aliphatic hydroxyl groups excluding tert-OH is 1. The molecular formula is C19H23N5O2. The average Bonchev–Trinajstić information content (AvgIpc) is 3.22. The van der Waals surface area contributed by atoms with E-state index in [4.69, 9.17) is 0 Å². The molecule has 0 fully saturated rings. The van der Waals surface area contributed by atoms with Crippen LogP contribution in [0.4, 0.5) is 0 Å². The molecular weight excluding hydrogens is 330 g/mol. The molecule has 1 aliphatic heterocycles. The first-order valence-corrected chi connectivity index (χ1v) is 9.01. The zero-order valence-corrected chi connectivity index (χ0v) is 15.1. The first-order chi connectivity index (χ1) is 12.5. The monoisotopic (exact) mass is 353 g/mol. The quantitative estimate of drug-likeness (QED) is 0.752. The summed E-state index contributed by atoms with van der Waals surface area (Å²) in [6, 6.07) is 7.82. The smallest absolute Gasteiger partial charge is 0.227 e. The van der Waals surface area contributed by atoms with Crippen molar-refractivity contribution in [3.63, 3.8) is 0 Å². The number of imidazole rings is 1. The summed E-state index contributed by atoms with van der Waals surface area (Å²) in [5, 5.41) is 14.4. The molecule has 0 unspecified atom stereocenters. The van der Waals surface area contributed by atoms with Crippen molar-refractivity contribution in [3.05, 3.63) is 47.0 Å². The van der Waals surface area contributed by atoms with Gasteiger partial charge in [-0.15, -0.1) is 0 Å². The highest BCUT2D eigenvalue weighted by Gasteiger charge is 2.23. The van der Waals surface area contributed by atoms with Crippen LogP contribution in [0.2, 0.25) is 0 Å². The molecule has 3 heterocycles. The summed E-state index contributed by atoms with van der Waals surface area (Å²) in [6.07, 6.45) is 0.461. The van der Waals surface area contributed by atoms with Gasteiger partial charge >= 0.3 is 0 Å². The zero-order valence-electron chi connectivity index (χ0n) is 15.1. The number of fused-ring (bicyclic) bond motifs is 2. The average molecular weight is 353 g/mol. The molecule has 1 amide bonds. The number of aromatic nitrogens is 4. The lowest BCUT2D eigenvalue weighted by Gasteiger charge is -2.27. The maximum Gasteiger partial charge on any atom is 0.227 e. The molecule has 2 aromatic heterocycles. The first-order valence-electron chi connectivity index (χ1n) is 9.01. The van der Waals surface area contributed by atoms with Crippen molar-refractivity contribution in [2.24, 2.45) is 0 Å². The second-order valence-electron chi connectivity index (χ2n) is 6.87. The summed E-state index contributed by atoms with van der Waals surface area (Å²) >= 11 is 0. The minimum absolute atomic E-state index is 0.102. The topological polar surface area (TPSA) is 87.0 Å². The Morgan fingerprint density at radius 3 is 3.00 bits per heavy atom. The van der Waals surface area contributed by atoms with Crippen LogP contribution in [-0.4, -0.2) is 42.2 Å². The highest BCUT2D eigenvalue weighted by molar-refractivity contribution is 5.82. The molecule has 0 bridgehead atoms. The number of aliphatic hydroxyl groups is 1. The van der Waals surface area contributed by atoms with Crippen LogP contribution < -0.4 is 0 Å². The van der Waals surface area contributed by atoms with Gasteiger partial charge in [-0.1, -0.05) is 13.0 Å². The van der Waals surface area contributed by atoms with Crippen molar-refractivity contribution in [1.82, 2.24) is 24.6 Å². The van der Waals surface area contributed by atoms with E-state index in [1.165, 1.54) is 0 Å². The number of rotatable bonds is 4. The molecule has 2 N–H and O–H groups in total. The molecule has 3 aromatic rings. The summed E-state index contributed by atoms with van der Waals surface area (Å²) in [5.74, 6) is 0.975. The number of hydrogen-bond acceptors (Lipinski definition) is 4. The van der Waals surface area contributed by atoms with Crippen LogP contribution in [0.5, 0.6) is 0 Å². The molecule has 7 heteroatoms. The number of aromatic amines is 1. The van der Waals surface area contributed by atoms with Crippen molar-refractivity contribution >= 4 is 16.9 Å². The van der Waals surface area contributed by atoms with Gasteiger partial charge in [-0.2, -0.15) is 5.10 Å². The van der Waals surface area contributed by atoms with Crippen molar-refractivity contribution in [2.75, 3.05) is 6.54 Å². The van der Waals surface area contributed by atoms with Gasteiger partial charge in [-0.25, -0.2) is 4.98 Å². The second-order valence-corrected chi connectivity index (χ2v) is 6.87. The van der Waals surface area contributed by atoms with E-state index in [9.17, 15) is 9.90 Å². The first kappa shape index (κ1) is 16.8. The summed E-state index contributed by atoms with van der Waals surface area (Å²) in [7, 11) is 0. The molecule has 0 saturated carbocycles. The van der Waals surface area contributed by atoms with E-state index in [0.29, 0.717) is 38.2 Å². The largest absolute Gasteiger partial charge is 0.387 e. The van der Waals surface area contributed by atoms with Gasteiger partial charge in [0, 0.05) is 6.54 Å². The number of benzene rings is 1. The third-order valence-corrected chi connectivity index (χ3v) is 4.92. The highest BCUT2D eigenvalue weighted by Crippen LogP contribution is 2.21. The number of hydrogen-bond donors (Lipinski definition) is 2. The Hall–Kier alpha value is -2.67. The standard InChI is InChI=1S/C19H23N5O2/c1-3-18(25)17-10-14-11-23(6-7-24(14)22-17)19(26)9-13-4-5-15-16(8-13)21-12(2)20-15/h4-5,8,10,18,25H,3,6-7,9,11H2,1-2H3,(H,20,21)/t18-/m1/s1. The van der Waals surface area contributed by atoms with E-state index in [1.807, 2.05) is 47.7 Å². The van der Waals surface area contributed by atoms with E-state index < -0.39 is 6.10 Å². The molecule has 26 heavy (non-hydrogen) atoms. The van der Waals surface area contributed by atoms with E-state index in [2.05, 4.69) is 15.1 Å². The number of aryl methyl sites for hydroxylation is 1. The van der Waals surface area contributed by atoms with Crippen LogP contribution in [0, 0.1) is 6.92 Å². The number of carbonyl (C=O) groups excluding carboxylic acids is 1. The summed E-state index contributed by atoms with van der Waals surface area (Å²) in [4.78, 5) is 22.2. The van der Waals surface area contributed by atoms with Gasteiger partial charge < -0.3 is 15.0 Å². The fourth-order valence-electron chi connectivity index (χ4n) is 3.45. The number of nitrogens with zero attached hydrogens (tertiary/aromatic N) is 4. The van der Waals surface area contributed by atoms with Crippen LogP contribution in [0.25, 0.3) is 11.0 Å². The number of carbonyl (C=O) groups is 1. The van der Waals surface area contributed by atoms with E-state index >= 15 is 0 Å². The lowest BCUT2D eigenvalue weighted by molar-refractivity contribution is -0.132. The molecule has 1 atom stereocenters. The predicted octanol–water partition coefficient (Wildman–Crippen LogP) is 2.10. The normalized spacial score (nSPS) is 15.3. The van der Waals surface area contributed by atoms with Crippen LogP contribution in [0.15, 0.2) is 24.3 Å². The highest BCUT2D eigenvalue weighted by atomic mass is 16.3. The lowest BCUT2D eigenvalue weighted by atomic mass is 10.1. The number of H-pyrrole nitrogens is 1. The molecule has 1 aliphatic rings. The van der Waals surface area contributed by atoms with E-state index in [1.54, 1.807) is 0 Å². The van der Waals surface area contributed by atoms with Gasteiger partial charge in [0.15, 0.2) is 0 Å². The Morgan fingerprint density at radius 1 is 1.35 bits per heavy atom. The molecule has 0 spiro atoms. The Bertz CT molecular complexity index is 958. The summed E-state index contributed by atoms with van der Waals surface area (Å²) in [6.45, 7) is 5.69. The summed E-state index contributed by atoms with van der Waals surface area (Å²) in [5.41, 5.74) is 4.53. The van der Waals surface area contributed by atoms with Crippen LogP contribution in [0.3, 0.4) is 0 Å². The second kappa shape index (κ2) is 6.57. The Kier molecular flexibility index (Phi) is 4.24. The lowest BCUT2D eigenvalue weighted by Crippen LogP contribution is -2.39. The Balaban J connectivity index is 1.47. The molecule has 0 saturated heterocycles. The molecule has 0 radical (unpaired) electrons. The van der Waals surface area contributed by atoms with Gasteiger partial charge in [-0.05, 0) is 37.1 Å². The molecule has 4 rings (SSSR count). The van der Waals surface area contributed by atoms with E-state index in [-0.39, 0.29) is 5.91 Å². The zero-order chi connectivity index (χ0) is 18.3. The van der Waals surface area contributed by atoms with Gasteiger partial charge in [0.05, 0.1) is 48.0 Å². The molecule has 0 aliphatic carbocycles. The van der Waals surface area contributed by atoms with Gasteiger partial charge in [0.2, 0.25) is 5.91 Å². The van der Waals surface area contributed by atoms with Gasteiger partial charge in [0.1, 0.15) is 5.82 Å². The molecule has 136 valence electrons. The van der Waals surface area contributed by atoms with Crippen molar-refractivity contribution in [2.45, 2.75) is 45.9 Å². The minimum atomic E-state index is -0.540. The predicted molar refractivity (Wildman–Crippen MR) is 97.4 cm³/mol. The minimum Gasteiger partial charge on any atom is -0.387 e. The number of nitrogens with one attached hydrogen (secondary N) is 1. The molecule has 7 nitrogen and oxygen atoms in total. The van der Waals surface area contributed by atoms with Crippen LogP contribution in [-0.2, 0) is 24.3 Å². The Morgan fingerprint density at radius 2 is 2.19 bits per heavy atom. The maximum absolute atomic E-state index is 12.7. The maximum atomic E-state index is 12.7. The van der Waals surface area contributed by atoms with Gasteiger partial charge in [0.25, 0.3) is 0 Å². The molecule has 1 aromatic carbocycles. The van der Waals surface area contributed by atoms with Gasteiger partial charge in [-0.3, -0.25) is 9.48 Å². The van der Waals surface area contributed by atoms with Crippen LogP contribution in [0.1, 0.15) is 42.2 Å². The van der Waals surface area contributed by atoms with Crippen molar-refractivity contribution in [1.29, 1.82) is 0 Å².